The first kappa shape index (κ1) is 6.29. The van der Waals surface area contributed by atoms with Gasteiger partial charge in [0.2, 0.25) is 0 Å². The average Bonchev–Trinajstić information content (AvgIpc) is 2.15. The molecule has 50 valence electrons. The van der Waals surface area contributed by atoms with Crippen LogP contribution in [0.3, 0.4) is 0 Å². The third kappa shape index (κ3) is 1.85. The molecule has 0 aliphatic carbocycles. The third-order valence-electron chi connectivity index (χ3n) is 0.996. The fourth-order valence-electron chi connectivity index (χ4n) is 0.646. The highest BCUT2D eigenvalue weighted by Gasteiger charge is 1.99. The molecule has 0 fully saturated rings. The zero-order valence-corrected chi connectivity index (χ0v) is 5.24. The highest BCUT2D eigenvalue weighted by molar-refractivity contribution is 4.96. The van der Waals surface area contributed by atoms with E-state index in [9.17, 15) is 0 Å². The summed E-state index contributed by atoms with van der Waals surface area (Å²) in [6.45, 7) is 1.72. The van der Waals surface area contributed by atoms with E-state index in [1.807, 2.05) is 0 Å². The van der Waals surface area contributed by atoms with Gasteiger partial charge in [0.05, 0.1) is 11.8 Å². The summed E-state index contributed by atoms with van der Waals surface area (Å²) in [7, 11) is 0. The summed E-state index contributed by atoms with van der Waals surface area (Å²) in [5, 5.41) is 12.5. The predicted octanol–water partition coefficient (Wildman–Crippen LogP) is 0.598. The van der Waals surface area contributed by atoms with Gasteiger partial charge in [-0.2, -0.15) is 0 Å². The van der Waals surface area contributed by atoms with Gasteiger partial charge >= 0.3 is 0 Å². The Kier molecular flexibility index (Phi) is 1.85. The minimum Gasteiger partial charge on any atom is -0.393 e. The largest absolute Gasteiger partial charge is 0.393 e. The van der Waals surface area contributed by atoms with Gasteiger partial charge in [-0.25, -0.2) is 0 Å². The Morgan fingerprint density at radius 3 is 3.11 bits per heavy atom. The summed E-state index contributed by atoms with van der Waals surface area (Å²) in [6, 6.07) is 1.74. The molecule has 3 heteroatoms. The molecule has 0 saturated carbocycles. The number of aliphatic hydroxyl groups is 1. The van der Waals surface area contributed by atoms with E-state index in [-0.39, 0.29) is 6.10 Å². The third-order valence-corrected chi connectivity index (χ3v) is 0.996. The molecule has 0 radical (unpaired) electrons. The van der Waals surface area contributed by atoms with Crippen molar-refractivity contribution in [1.29, 1.82) is 0 Å². The Morgan fingerprint density at radius 2 is 2.67 bits per heavy atom. The molecular formula is C6H9NO2. The van der Waals surface area contributed by atoms with Crippen molar-refractivity contribution in [1.82, 2.24) is 5.16 Å². The van der Waals surface area contributed by atoms with Gasteiger partial charge in [-0.05, 0) is 6.92 Å². The van der Waals surface area contributed by atoms with E-state index in [2.05, 4.69) is 9.68 Å². The Bertz CT molecular complexity index is 158. The van der Waals surface area contributed by atoms with Gasteiger partial charge in [-0.15, -0.1) is 0 Å². The summed E-state index contributed by atoms with van der Waals surface area (Å²) in [5.41, 5.74) is 0.796. The highest BCUT2D eigenvalue weighted by Crippen LogP contribution is 1.98. The van der Waals surface area contributed by atoms with Crippen molar-refractivity contribution in [3.63, 3.8) is 0 Å². The van der Waals surface area contributed by atoms with Crippen molar-refractivity contribution >= 4 is 0 Å². The molecule has 0 aromatic carbocycles. The maximum Gasteiger partial charge on any atom is 0.124 e. The number of nitrogens with zero attached hydrogens (tertiary/aromatic N) is 1. The molecule has 1 N–H and O–H groups in total. The summed E-state index contributed by atoms with van der Waals surface area (Å²) < 4.78 is 4.55. The second kappa shape index (κ2) is 2.64. The van der Waals surface area contributed by atoms with Crippen LogP contribution in [0.4, 0.5) is 0 Å². The summed E-state index contributed by atoms with van der Waals surface area (Å²) in [5.74, 6) is 0. The lowest BCUT2D eigenvalue weighted by molar-refractivity contribution is 0.192. The van der Waals surface area contributed by atoms with E-state index in [1.54, 1.807) is 13.0 Å². The normalized spacial score (nSPS) is 13.6. The van der Waals surface area contributed by atoms with Crippen molar-refractivity contribution in [2.45, 2.75) is 19.4 Å². The van der Waals surface area contributed by atoms with E-state index in [0.29, 0.717) is 6.42 Å². The average molecular weight is 127 g/mol. The predicted molar refractivity (Wildman–Crippen MR) is 31.9 cm³/mol. The molecule has 3 nitrogen and oxygen atoms in total. The molecule has 9 heavy (non-hydrogen) atoms. The number of aromatic nitrogens is 1. The van der Waals surface area contributed by atoms with Crippen molar-refractivity contribution in [2.75, 3.05) is 0 Å². The first-order valence-corrected chi connectivity index (χ1v) is 2.86. The lowest BCUT2D eigenvalue weighted by Crippen LogP contribution is -2.03. The fraction of sp³-hybridized carbons (Fsp3) is 0.500. The molecule has 0 bridgehead atoms. The SMILES string of the molecule is C[C@H](O)Cc1ccon1. The van der Waals surface area contributed by atoms with Crippen LogP contribution in [0.25, 0.3) is 0 Å². The van der Waals surface area contributed by atoms with E-state index in [1.165, 1.54) is 6.26 Å². The molecule has 0 aliphatic heterocycles. The van der Waals surface area contributed by atoms with Crippen LogP contribution in [0, 0.1) is 0 Å². The molecule has 0 amide bonds. The first-order chi connectivity index (χ1) is 4.29. The molecular weight excluding hydrogens is 118 g/mol. The van der Waals surface area contributed by atoms with E-state index < -0.39 is 0 Å². The van der Waals surface area contributed by atoms with Crippen molar-refractivity contribution in [2.24, 2.45) is 0 Å². The van der Waals surface area contributed by atoms with E-state index in [0.717, 1.165) is 5.69 Å². The molecule has 1 rings (SSSR count). The Labute approximate surface area is 53.3 Å². The number of hydrogen-bond donors (Lipinski definition) is 1. The smallest absolute Gasteiger partial charge is 0.124 e. The van der Waals surface area contributed by atoms with Crippen molar-refractivity contribution < 1.29 is 9.63 Å². The van der Waals surface area contributed by atoms with Gasteiger partial charge in [-0.1, -0.05) is 5.16 Å². The minimum absolute atomic E-state index is 0.338. The topological polar surface area (TPSA) is 46.3 Å². The van der Waals surface area contributed by atoms with Crippen molar-refractivity contribution in [3.05, 3.63) is 18.0 Å². The molecule has 1 heterocycles. The van der Waals surface area contributed by atoms with E-state index in [4.69, 9.17) is 5.11 Å². The summed E-state index contributed by atoms with van der Waals surface area (Å²) in [4.78, 5) is 0. The molecule has 0 unspecified atom stereocenters. The van der Waals surface area contributed by atoms with Gasteiger partial charge < -0.3 is 9.63 Å². The van der Waals surface area contributed by atoms with Crippen molar-refractivity contribution in [3.8, 4) is 0 Å². The van der Waals surface area contributed by atoms with Gasteiger partial charge in [0.15, 0.2) is 0 Å². The van der Waals surface area contributed by atoms with Crippen LogP contribution < -0.4 is 0 Å². The minimum atomic E-state index is -0.338. The molecule has 0 saturated heterocycles. The quantitative estimate of drug-likeness (QED) is 0.632. The van der Waals surface area contributed by atoms with E-state index >= 15 is 0 Å². The standard InChI is InChI=1S/C6H9NO2/c1-5(8)4-6-2-3-9-7-6/h2-3,5,8H,4H2,1H3/t5-/m0/s1. The zero-order chi connectivity index (χ0) is 6.69. The number of aliphatic hydroxyl groups excluding tert-OH is 1. The second-order valence-electron chi connectivity index (χ2n) is 2.04. The molecule has 1 aromatic heterocycles. The molecule has 0 aliphatic rings. The van der Waals surface area contributed by atoms with Crippen LogP contribution in [-0.4, -0.2) is 16.4 Å². The van der Waals surface area contributed by atoms with Crippen LogP contribution in [0.1, 0.15) is 12.6 Å². The van der Waals surface area contributed by atoms with Gasteiger partial charge in [0.1, 0.15) is 6.26 Å². The number of rotatable bonds is 2. The van der Waals surface area contributed by atoms with Crippen LogP contribution in [0.15, 0.2) is 16.9 Å². The molecule has 0 spiro atoms. The van der Waals surface area contributed by atoms with Gasteiger partial charge in [-0.3, -0.25) is 0 Å². The monoisotopic (exact) mass is 127 g/mol. The lowest BCUT2D eigenvalue weighted by atomic mass is 10.2. The Morgan fingerprint density at radius 1 is 1.89 bits per heavy atom. The Balaban J connectivity index is 2.48. The fourth-order valence-corrected chi connectivity index (χ4v) is 0.646. The molecule has 1 aromatic rings. The van der Waals surface area contributed by atoms with Crippen LogP contribution in [0.5, 0.6) is 0 Å². The van der Waals surface area contributed by atoms with Crippen LogP contribution in [0.2, 0.25) is 0 Å². The summed E-state index contributed by atoms with van der Waals surface area (Å²) >= 11 is 0. The van der Waals surface area contributed by atoms with Crippen LogP contribution >= 0.6 is 0 Å². The van der Waals surface area contributed by atoms with Gasteiger partial charge in [0.25, 0.3) is 0 Å². The van der Waals surface area contributed by atoms with Gasteiger partial charge in [0, 0.05) is 12.5 Å². The number of hydrogen-bond acceptors (Lipinski definition) is 3. The zero-order valence-electron chi connectivity index (χ0n) is 5.24. The lowest BCUT2D eigenvalue weighted by Gasteiger charge is -1.96. The van der Waals surface area contributed by atoms with Crippen LogP contribution in [-0.2, 0) is 6.42 Å². The highest BCUT2D eigenvalue weighted by atomic mass is 16.5. The maximum absolute atomic E-state index is 8.84. The molecule has 1 atom stereocenters. The second-order valence-corrected chi connectivity index (χ2v) is 2.04. The maximum atomic E-state index is 8.84. The summed E-state index contributed by atoms with van der Waals surface area (Å²) in [6.07, 6.45) is 1.73. The Hall–Kier alpha value is -0.830. The first-order valence-electron chi connectivity index (χ1n) is 2.86.